The molecule has 2 aliphatic rings. The molecule has 0 radical (unpaired) electrons. The van der Waals surface area contributed by atoms with Gasteiger partial charge in [-0.3, -0.25) is 9.59 Å². The third-order valence-corrected chi connectivity index (χ3v) is 5.16. The molecule has 1 aromatic carbocycles. The number of carbonyl (C=O) groups excluding carboxylic acids is 3. The van der Waals surface area contributed by atoms with Gasteiger partial charge in [0.25, 0.3) is 0 Å². The van der Waals surface area contributed by atoms with Crippen LogP contribution in [-0.2, 0) is 14.3 Å². The summed E-state index contributed by atoms with van der Waals surface area (Å²) >= 11 is 0. The smallest absolute Gasteiger partial charge is 0.409 e. The monoisotopic (exact) mass is 388 g/mol. The number of piperidine rings is 1. The summed E-state index contributed by atoms with van der Waals surface area (Å²) in [6.07, 6.45) is 3.28. The lowest BCUT2D eigenvalue weighted by Gasteiger charge is -2.31. The van der Waals surface area contributed by atoms with Crippen LogP contribution < -0.4 is 15.5 Å². The van der Waals surface area contributed by atoms with Crippen LogP contribution in [0, 0.1) is 0 Å². The molecule has 2 heterocycles. The molecule has 28 heavy (non-hydrogen) atoms. The summed E-state index contributed by atoms with van der Waals surface area (Å²) in [5.41, 5.74) is 1.73. The number of nitrogens with one attached hydrogen (secondary N) is 2. The third-order valence-electron chi connectivity index (χ3n) is 5.16. The largest absolute Gasteiger partial charge is 0.450 e. The molecule has 0 aromatic heterocycles. The van der Waals surface area contributed by atoms with Crippen LogP contribution in [0.1, 0.15) is 32.6 Å². The fraction of sp³-hybridized carbons (Fsp3) is 0.550. The van der Waals surface area contributed by atoms with E-state index in [9.17, 15) is 14.4 Å². The van der Waals surface area contributed by atoms with Gasteiger partial charge < -0.3 is 25.2 Å². The maximum Gasteiger partial charge on any atom is 0.409 e. The molecule has 0 bridgehead atoms. The number of ether oxygens (including phenoxy) is 1. The lowest BCUT2D eigenvalue weighted by atomic mass is 10.1. The summed E-state index contributed by atoms with van der Waals surface area (Å²) in [6, 6.07) is 7.43. The highest BCUT2D eigenvalue weighted by molar-refractivity contribution is 6.39. The van der Waals surface area contributed by atoms with Gasteiger partial charge in [-0.15, -0.1) is 0 Å². The number of likely N-dealkylation sites (tertiary alicyclic amines) is 1. The normalized spacial score (nSPS) is 17.3. The van der Waals surface area contributed by atoms with Gasteiger partial charge in [-0.05, 0) is 56.9 Å². The first kappa shape index (κ1) is 20.0. The Labute approximate surface area is 165 Å². The highest BCUT2D eigenvalue weighted by atomic mass is 16.6. The first-order valence-electron chi connectivity index (χ1n) is 9.95. The summed E-state index contributed by atoms with van der Waals surface area (Å²) in [5.74, 6) is -1.33. The summed E-state index contributed by atoms with van der Waals surface area (Å²) in [4.78, 5) is 40.0. The van der Waals surface area contributed by atoms with Crippen molar-refractivity contribution in [2.45, 2.75) is 38.6 Å². The van der Waals surface area contributed by atoms with E-state index in [4.69, 9.17) is 4.74 Å². The zero-order valence-corrected chi connectivity index (χ0v) is 16.3. The third kappa shape index (κ3) is 5.15. The van der Waals surface area contributed by atoms with Crippen LogP contribution in [0.5, 0.6) is 0 Å². The van der Waals surface area contributed by atoms with Crippen molar-refractivity contribution in [3.63, 3.8) is 0 Å². The Balaban J connectivity index is 1.43. The molecule has 0 spiro atoms. The van der Waals surface area contributed by atoms with Crippen molar-refractivity contribution in [2.24, 2.45) is 0 Å². The van der Waals surface area contributed by atoms with Crippen molar-refractivity contribution in [1.82, 2.24) is 10.2 Å². The Hall–Kier alpha value is -2.77. The van der Waals surface area contributed by atoms with Crippen molar-refractivity contribution >= 4 is 29.3 Å². The first-order valence-corrected chi connectivity index (χ1v) is 9.95. The topological polar surface area (TPSA) is 91.0 Å². The summed E-state index contributed by atoms with van der Waals surface area (Å²) < 4.78 is 4.98. The maximum atomic E-state index is 12.2. The van der Waals surface area contributed by atoms with E-state index >= 15 is 0 Å². The van der Waals surface area contributed by atoms with E-state index in [1.807, 2.05) is 24.3 Å². The average molecular weight is 388 g/mol. The number of hydrogen-bond acceptors (Lipinski definition) is 5. The quantitative estimate of drug-likeness (QED) is 0.770. The summed E-state index contributed by atoms with van der Waals surface area (Å²) in [6.45, 7) is 5.23. The van der Waals surface area contributed by atoms with E-state index in [1.165, 1.54) is 12.8 Å². The molecule has 0 aliphatic carbocycles. The van der Waals surface area contributed by atoms with Crippen molar-refractivity contribution in [3.05, 3.63) is 24.3 Å². The zero-order chi connectivity index (χ0) is 19.9. The Kier molecular flexibility index (Phi) is 6.73. The van der Waals surface area contributed by atoms with E-state index in [-0.39, 0.29) is 12.1 Å². The van der Waals surface area contributed by atoms with Crippen molar-refractivity contribution in [3.8, 4) is 0 Å². The predicted molar refractivity (Wildman–Crippen MR) is 106 cm³/mol. The van der Waals surface area contributed by atoms with E-state index < -0.39 is 11.8 Å². The number of amides is 3. The predicted octanol–water partition coefficient (Wildman–Crippen LogP) is 1.96. The van der Waals surface area contributed by atoms with Gasteiger partial charge in [-0.25, -0.2) is 4.79 Å². The Morgan fingerprint density at radius 1 is 1.00 bits per heavy atom. The van der Waals surface area contributed by atoms with E-state index in [1.54, 1.807) is 11.8 Å². The lowest BCUT2D eigenvalue weighted by molar-refractivity contribution is -0.136. The molecule has 0 unspecified atom stereocenters. The SMILES string of the molecule is CCOC(=O)N1CCC(NC(=O)C(=O)Nc2ccc(N3CCCC3)cc2)CC1. The van der Waals surface area contributed by atoms with Crippen LogP contribution in [0.25, 0.3) is 0 Å². The molecule has 2 saturated heterocycles. The Bertz CT molecular complexity index is 693. The number of carbonyl (C=O) groups is 3. The van der Waals surface area contributed by atoms with Crippen LogP contribution in [0.3, 0.4) is 0 Å². The Morgan fingerprint density at radius 2 is 1.64 bits per heavy atom. The van der Waals surface area contributed by atoms with Crippen LogP contribution >= 0.6 is 0 Å². The molecule has 0 atom stereocenters. The number of benzene rings is 1. The molecular formula is C20H28N4O4. The van der Waals surface area contributed by atoms with E-state index in [0.29, 0.717) is 38.2 Å². The van der Waals surface area contributed by atoms with Crippen LogP contribution in [0.15, 0.2) is 24.3 Å². The zero-order valence-electron chi connectivity index (χ0n) is 16.3. The molecule has 3 amide bonds. The fourth-order valence-corrected chi connectivity index (χ4v) is 3.59. The minimum atomic E-state index is -0.679. The number of anilines is 2. The number of hydrogen-bond donors (Lipinski definition) is 2. The lowest BCUT2D eigenvalue weighted by Crippen LogP contribution is -2.49. The van der Waals surface area contributed by atoms with Gasteiger partial charge >= 0.3 is 17.9 Å². The molecule has 2 aliphatic heterocycles. The second-order valence-corrected chi connectivity index (χ2v) is 7.13. The van der Waals surface area contributed by atoms with Gasteiger partial charge in [-0.1, -0.05) is 0 Å². The maximum absolute atomic E-state index is 12.2. The van der Waals surface area contributed by atoms with Crippen molar-refractivity contribution in [1.29, 1.82) is 0 Å². The first-order chi connectivity index (χ1) is 13.6. The van der Waals surface area contributed by atoms with Crippen molar-refractivity contribution < 1.29 is 19.1 Å². The van der Waals surface area contributed by atoms with E-state index in [0.717, 1.165) is 18.8 Å². The molecule has 152 valence electrons. The molecular weight excluding hydrogens is 360 g/mol. The molecule has 1 aromatic rings. The fourth-order valence-electron chi connectivity index (χ4n) is 3.59. The second kappa shape index (κ2) is 9.43. The minimum Gasteiger partial charge on any atom is -0.450 e. The minimum absolute atomic E-state index is 0.124. The van der Waals surface area contributed by atoms with Crippen LogP contribution in [0.2, 0.25) is 0 Å². The molecule has 0 saturated carbocycles. The van der Waals surface area contributed by atoms with Crippen LogP contribution in [0.4, 0.5) is 16.2 Å². The summed E-state index contributed by atoms with van der Waals surface area (Å²) in [5, 5.41) is 5.39. The van der Waals surface area contributed by atoms with Gasteiger partial charge in [0.05, 0.1) is 6.61 Å². The number of rotatable bonds is 4. The molecule has 8 heteroatoms. The highest BCUT2D eigenvalue weighted by Crippen LogP contribution is 2.22. The van der Waals surface area contributed by atoms with Gasteiger partial charge in [0, 0.05) is 43.6 Å². The highest BCUT2D eigenvalue weighted by Gasteiger charge is 2.26. The van der Waals surface area contributed by atoms with Gasteiger partial charge in [-0.2, -0.15) is 0 Å². The second-order valence-electron chi connectivity index (χ2n) is 7.13. The molecule has 2 fully saturated rings. The molecule has 3 rings (SSSR count). The van der Waals surface area contributed by atoms with Crippen LogP contribution in [-0.4, -0.2) is 61.6 Å². The standard InChI is InChI=1S/C20H28N4O4/c1-2-28-20(27)24-13-9-16(10-14-24)22-19(26)18(25)21-15-5-7-17(8-6-15)23-11-3-4-12-23/h5-8,16H,2-4,9-14H2,1H3,(H,21,25)(H,22,26). The van der Waals surface area contributed by atoms with Gasteiger partial charge in [0.15, 0.2) is 0 Å². The Morgan fingerprint density at radius 3 is 2.25 bits per heavy atom. The van der Waals surface area contributed by atoms with E-state index in [2.05, 4.69) is 15.5 Å². The van der Waals surface area contributed by atoms with Crippen molar-refractivity contribution in [2.75, 3.05) is 43.0 Å². The number of nitrogens with zero attached hydrogens (tertiary/aromatic N) is 2. The molecule has 2 N–H and O–H groups in total. The average Bonchev–Trinajstić information content (AvgIpc) is 3.24. The molecule has 8 nitrogen and oxygen atoms in total. The summed E-state index contributed by atoms with van der Waals surface area (Å²) in [7, 11) is 0. The van der Waals surface area contributed by atoms with Gasteiger partial charge in [0.1, 0.15) is 0 Å². The van der Waals surface area contributed by atoms with Gasteiger partial charge in [0.2, 0.25) is 0 Å².